The van der Waals surface area contributed by atoms with Crippen molar-refractivity contribution < 1.29 is 0 Å². The Morgan fingerprint density at radius 3 is 2.85 bits per heavy atom. The highest BCUT2D eigenvalue weighted by molar-refractivity contribution is 5.11. The molecular weight excluding hydrogens is 166 g/mol. The van der Waals surface area contributed by atoms with E-state index in [9.17, 15) is 4.79 Å². The van der Waals surface area contributed by atoms with Crippen molar-refractivity contribution in [3.05, 3.63) is 22.1 Å². The lowest BCUT2D eigenvalue weighted by Crippen LogP contribution is -2.23. The summed E-state index contributed by atoms with van der Waals surface area (Å²) in [5.74, 6) is 0.355. The number of rotatable bonds is 1. The molecule has 72 valence electrons. The van der Waals surface area contributed by atoms with Gasteiger partial charge in [-0.3, -0.25) is 14.6 Å². The van der Waals surface area contributed by atoms with Crippen LogP contribution in [0.15, 0.2) is 10.9 Å². The average molecular weight is 181 g/mol. The molecule has 0 radical (unpaired) electrons. The Balaban J connectivity index is 2.29. The first-order chi connectivity index (χ1) is 6.18. The summed E-state index contributed by atoms with van der Waals surface area (Å²) in [4.78, 5) is 11.2. The van der Waals surface area contributed by atoms with Crippen LogP contribution in [0.25, 0.3) is 0 Å². The van der Waals surface area contributed by atoms with E-state index in [0.717, 1.165) is 18.5 Å². The van der Waals surface area contributed by atoms with Crippen LogP contribution in [0.3, 0.4) is 0 Å². The molecule has 0 aliphatic heterocycles. The Labute approximate surface area is 76.7 Å². The molecule has 1 aromatic heterocycles. The zero-order valence-electron chi connectivity index (χ0n) is 7.79. The fourth-order valence-corrected chi connectivity index (χ4v) is 2.08. The molecule has 2 unspecified atom stereocenters. The van der Waals surface area contributed by atoms with E-state index in [0.29, 0.717) is 5.92 Å². The third-order valence-corrected chi connectivity index (χ3v) is 2.88. The number of nitrogens with one attached hydrogen (secondary N) is 1. The van der Waals surface area contributed by atoms with Crippen molar-refractivity contribution in [1.82, 2.24) is 9.78 Å². The number of H-pyrrole nitrogens is 1. The third kappa shape index (κ3) is 1.42. The maximum atomic E-state index is 11.2. The van der Waals surface area contributed by atoms with Gasteiger partial charge in [0.15, 0.2) is 0 Å². The normalized spacial score (nSPS) is 28.2. The molecule has 4 heteroatoms. The van der Waals surface area contributed by atoms with E-state index in [1.807, 2.05) is 0 Å². The average Bonchev–Trinajstić information content (AvgIpc) is 2.60. The van der Waals surface area contributed by atoms with Crippen LogP contribution in [0.5, 0.6) is 0 Å². The zero-order valence-corrected chi connectivity index (χ0v) is 7.79. The second-order valence-electron chi connectivity index (χ2n) is 3.81. The molecule has 1 fully saturated rings. The number of hydrogen-bond donors (Lipinski definition) is 2. The minimum atomic E-state index is 0.0223. The summed E-state index contributed by atoms with van der Waals surface area (Å²) in [6.07, 6.45) is 3.34. The summed E-state index contributed by atoms with van der Waals surface area (Å²) in [6, 6.07) is 1.88. The number of nitrogens with zero attached hydrogens (tertiary/aromatic N) is 1. The quantitative estimate of drug-likeness (QED) is 0.655. The molecule has 0 spiro atoms. The van der Waals surface area contributed by atoms with E-state index in [1.54, 1.807) is 13.1 Å². The number of aromatic amines is 1. The van der Waals surface area contributed by atoms with Crippen molar-refractivity contribution in [2.75, 3.05) is 0 Å². The Hall–Kier alpha value is -1.03. The summed E-state index contributed by atoms with van der Waals surface area (Å²) >= 11 is 0. The fraction of sp³-hybridized carbons (Fsp3) is 0.667. The molecule has 2 rings (SSSR count). The van der Waals surface area contributed by atoms with E-state index in [-0.39, 0.29) is 11.6 Å². The van der Waals surface area contributed by atoms with Gasteiger partial charge in [-0.25, -0.2) is 0 Å². The first-order valence-corrected chi connectivity index (χ1v) is 4.70. The maximum Gasteiger partial charge on any atom is 0.266 e. The molecule has 0 amide bonds. The molecule has 0 saturated heterocycles. The maximum absolute atomic E-state index is 11.2. The zero-order chi connectivity index (χ0) is 9.42. The predicted octanol–water partition coefficient (Wildman–Crippen LogP) is 0.308. The van der Waals surface area contributed by atoms with Crippen LogP contribution in [-0.4, -0.2) is 15.8 Å². The van der Waals surface area contributed by atoms with Gasteiger partial charge in [0, 0.05) is 30.8 Å². The molecule has 1 heterocycles. The lowest BCUT2D eigenvalue weighted by molar-refractivity contribution is 0.583. The molecule has 3 N–H and O–H groups in total. The second-order valence-corrected chi connectivity index (χ2v) is 3.81. The van der Waals surface area contributed by atoms with Gasteiger partial charge in [0.05, 0.1) is 0 Å². The van der Waals surface area contributed by atoms with Gasteiger partial charge in [0.2, 0.25) is 0 Å². The Kier molecular flexibility index (Phi) is 2.00. The van der Waals surface area contributed by atoms with Crippen LogP contribution in [0, 0.1) is 0 Å². The molecule has 1 aliphatic rings. The minimum absolute atomic E-state index is 0.0223. The van der Waals surface area contributed by atoms with Crippen LogP contribution in [0.4, 0.5) is 0 Å². The van der Waals surface area contributed by atoms with Crippen molar-refractivity contribution >= 4 is 0 Å². The summed E-state index contributed by atoms with van der Waals surface area (Å²) in [5.41, 5.74) is 6.96. The molecule has 2 atom stereocenters. The molecule has 0 aromatic carbocycles. The minimum Gasteiger partial charge on any atom is -0.327 e. The number of aromatic nitrogens is 2. The van der Waals surface area contributed by atoms with Crippen LogP contribution in [0.1, 0.15) is 30.9 Å². The van der Waals surface area contributed by atoms with E-state index in [4.69, 9.17) is 5.73 Å². The molecule has 4 nitrogen and oxygen atoms in total. The summed E-state index contributed by atoms with van der Waals surface area (Å²) in [5, 5.41) is 3.04. The van der Waals surface area contributed by atoms with Gasteiger partial charge in [-0.05, 0) is 12.8 Å². The molecule has 1 saturated carbocycles. The van der Waals surface area contributed by atoms with Gasteiger partial charge in [-0.2, -0.15) is 0 Å². The number of nitrogens with two attached hydrogens (primary N) is 1. The summed E-state index contributed by atoms with van der Waals surface area (Å²) in [7, 11) is 1.73. The van der Waals surface area contributed by atoms with Gasteiger partial charge < -0.3 is 5.73 Å². The van der Waals surface area contributed by atoms with Crippen molar-refractivity contribution in [3.63, 3.8) is 0 Å². The number of aryl methyl sites for hydroxylation is 1. The Morgan fingerprint density at radius 1 is 1.62 bits per heavy atom. The van der Waals surface area contributed by atoms with Crippen molar-refractivity contribution in [2.45, 2.75) is 31.2 Å². The lowest BCUT2D eigenvalue weighted by Gasteiger charge is -2.12. The predicted molar refractivity (Wildman–Crippen MR) is 50.6 cm³/mol. The highest BCUT2D eigenvalue weighted by Gasteiger charge is 2.26. The van der Waals surface area contributed by atoms with Gasteiger partial charge >= 0.3 is 0 Å². The van der Waals surface area contributed by atoms with Gasteiger partial charge in [0.1, 0.15) is 0 Å². The van der Waals surface area contributed by atoms with Crippen LogP contribution in [0.2, 0.25) is 0 Å². The Morgan fingerprint density at radius 2 is 2.38 bits per heavy atom. The van der Waals surface area contributed by atoms with E-state index >= 15 is 0 Å². The van der Waals surface area contributed by atoms with E-state index in [1.165, 1.54) is 11.1 Å². The van der Waals surface area contributed by atoms with E-state index in [2.05, 4.69) is 5.10 Å². The topological polar surface area (TPSA) is 63.8 Å². The third-order valence-electron chi connectivity index (χ3n) is 2.88. The highest BCUT2D eigenvalue weighted by atomic mass is 16.1. The Bertz CT molecular complexity index is 352. The monoisotopic (exact) mass is 181 g/mol. The van der Waals surface area contributed by atoms with E-state index < -0.39 is 0 Å². The van der Waals surface area contributed by atoms with Gasteiger partial charge in [0.25, 0.3) is 5.56 Å². The van der Waals surface area contributed by atoms with Gasteiger partial charge in [-0.1, -0.05) is 6.42 Å². The fourth-order valence-electron chi connectivity index (χ4n) is 2.08. The van der Waals surface area contributed by atoms with Crippen LogP contribution >= 0.6 is 0 Å². The molecular formula is C9H15N3O. The summed E-state index contributed by atoms with van der Waals surface area (Å²) in [6.45, 7) is 0. The summed E-state index contributed by atoms with van der Waals surface area (Å²) < 4.78 is 1.50. The standard InChI is InChI=1S/C9H15N3O/c1-12-9(13)5-8(11-12)6-3-2-4-7(6)10/h5-7,11H,2-4,10H2,1H3. The molecule has 1 aromatic rings. The molecule has 1 aliphatic carbocycles. The molecule has 13 heavy (non-hydrogen) atoms. The van der Waals surface area contributed by atoms with Crippen LogP contribution < -0.4 is 11.3 Å². The van der Waals surface area contributed by atoms with Crippen LogP contribution in [-0.2, 0) is 7.05 Å². The smallest absolute Gasteiger partial charge is 0.266 e. The van der Waals surface area contributed by atoms with Gasteiger partial charge in [-0.15, -0.1) is 0 Å². The van der Waals surface area contributed by atoms with Crippen molar-refractivity contribution in [1.29, 1.82) is 0 Å². The van der Waals surface area contributed by atoms with Crippen molar-refractivity contribution in [3.8, 4) is 0 Å². The largest absolute Gasteiger partial charge is 0.327 e. The first kappa shape index (κ1) is 8.56. The second kappa shape index (κ2) is 3.03. The number of hydrogen-bond acceptors (Lipinski definition) is 2. The first-order valence-electron chi connectivity index (χ1n) is 4.70. The molecule has 0 bridgehead atoms. The van der Waals surface area contributed by atoms with Crippen molar-refractivity contribution in [2.24, 2.45) is 12.8 Å². The highest BCUT2D eigenvalue weighted by Crippen LogP contribution is 2.31. The SMILES string of the molecule is Cn1[nH]c(C2CCCC2N)cc1=O. The lowest BCUT2D eigenvalue weighted by atomic mass is 10.0.